The highest BCUT2D eigenvalue weighted by Gasteiger charge is 2.29. The number of hydrogen-bond donors (Lipinski definition) is 2. The summed E-state index contributed by atoms with van der Waals surface area (Å²) >= 11 is 0. The minimum atomic E-state index is -0.549. The highest BCUT2D eigenvalue weighted by molar-refractivity contribution is 5.78. The quantitative estimate of drug-likeness (QED) is 0.859. The minimum Gasteiger partial charge on any atom is -0.497 e. The van der Waals surface area contributed by atoms with Gasteiger partial charge in [0.25, 0.3) is 0 Å². The molecule has 2 rings (SSSR count). The first-order valence-corrected chi connectivity index (χ1v) is 7.27. The number of carbonyl (C=O) groups is 1. The molecule has 0 aromatic heterocycles. The first kappa shape index (κ1) is 16.0. The Labute approximate surface area is 131 Å². The predicted molar refractivity (Wildman–Crippen MR) is 87.7 cm³/mol. The van der Waals surface area contributed by atoms with E-state index in [0.717, 1.165) is 16.9 Å². The van der Waals surface area contributed by atoms with E-state index in [4.69, 9.17) is 10.5 Å². The van der Waals surface area contributed by atoms with Gasteiger partial charge in [0.1, 0.15) is 5.75 Å². The molecule has 0 saturated heterocycles. The van der Waals surface area contributed by atoms with Gasteiger partial charge < -0.3 is 15.8 Å². The van der Waals surface area contributed by atoms with E-state index in [-0.39, 0.29) is 12.5 Å². The van der Waals surface area contributed by atoms with Crippen LogP contribution in [0.4, 0.5) is 0 Å². The Morgan fingerprint density at radius 1 is 1.18 bits per heavy atom. The van der Waals surface area contributed by atoms with Crippen molar-refractivity contribution in [1.29, 1.82) is 0 Å². The summed E-state index contributed by atoms with van der Waals surface area (Å²) in [5.41, 5.74) is 7.05. The van der Waals surface area contributed by atoms with Crippen LogP contribution in [0.2, 0.25) is 0 Å². The second-order valence-corrected chi connectivity index (χ2v) is 5.48. The third-order valence-electron chi connectivity index (χ3n) is 3.71. The fourth-order valence-electron chi connectivity index (χ4n) is 2.55. The Morgan fingerprint density at radius 2 is 1.91 bits per heavy atom. The molecule has 2 aromatic carbocycles. The van der Waals surface area contributed by atoms with Crippen LogP contribution in [-0.2, 0) is 16.8 Å². The van der Waals surface area contributed by atoms with Crippen LogP contribution in [-0.4, -0.2) is 19.6 Å². The van der Waals surface area contributed by atoms with Gasteiger partial charge in [-0.3, -0.25) is 4.79 Å². The molecule has 0 bridgehead atoms. The van der Waals surface area contributed by atoms with Gasteiger partial charge in [0, 0.05) is 0 Å². The van der Waals surface area contributed by atoms with E-state index in [1.54, 1.807) is 7.11 Å². The molecular weight excluding hydrogens is 276 g/mol. The summed E-state index contributed by atoms with van der Waals surface area (Å²) in [6, 6.07) is 17.8. The molecule has 4 nitrogen and oxygen atoms in total. The molecule has 0 saturated carbocycles. The standard InChI is InChI=1S/C18H22N2O2/c1-18(20-17(21)13-19,12-14-7-4-3-5-8-14)15-9-6-10-16(11-15)22-2/h3-11H,12-13,19H2,1-2H3,(H,20,21). The van der Waals surface area contributed by atoms with Crippen LogP contribution < -0.4 is 15.8 Å². The number of methoxy groups -OCH3 is 1. The lowest BCUT2D eigenvalue weighted by Gasteiger charge is -2.32. The van der Waals surface area contributed by atoms with E-state index in [1.807, 2.05) is 61.5 Å². The smallest absolute Gasteiger partial charge is 0.234 e. The monoisotopic (exact) mass is 298 g/mol. The van der Waals surface area contributed by atoms with Crippen molar-refractivity contribution in [2.24, 2.45) is 5.73 Å². The normalized spacial score (nSPS) is 13.2. The predicted octanol–water partition coefficient (Wildman–Crippen LogP) is 2.23. The van der Waals surface area contributed by atoms with Crippen molar-refractivity contribution in [3.8, 4) is 5.75 Å². The zero-order valence-corrected chi connectivity index (χ0v) is 13.0. The van der Waals surface area contributed by atoms with E-state index < -0.39 is 5.54 Å². The van der Waals surface area contributed by atoms with Gasteiger partial charge in [-0.15, -0.1) is 0 Å². The zero-order valence-electron chi connectivity index (χ0n) is 13.0. The van der Waals surface area contributed by atoms with E-state index in [9.17, 15) is 4.79 Å². The summed E-state index contributed by atoms with van der Waals surface area (Å²) in [5.74, 6) is 0.583. The van der Waals surface area contributed by atoms with Crippen molar-refractivity contribution in [2.75, 3.05) is 13.7 Å². The molecule has 0 aliphatic carbocycles. The van der Waals surface area contributed by atoms with Crippen molar-refractivity contribution in [1.82, 2.24) is 5.32 Å². The molecule has 0 aliphatic rings. The van der Waals surface area contributed by atoms with Crippen molar-refractivity contribution < 1.29 is 9.53 Å². The second-order valence-electron chi connectivity index (χ2n) is 5.48. The average molecular weight is 298 g/mol. The lowest BCUT2D eigenvalue weighted by Crippen LogP contribution is -2.47. The van der Waals surface area contributed by atoms with E-state index in [2.05, 4.69) is 5.32 Å². The highest BCUT2D eigenvalue weighted by atomic mass is 16.5. The van der Waals surface area contributed by atoms with Crippen LogP contribution in [0.1, 0.15) is 18.1 Å². The number of rotatable bonds is 6. The van der Waals surface area contributed by atoms with Crippen molar-refractivity contribution >= 4 is 5.91 Å². The number of carbonyl (C=O) groups excluding carboxylic acids is 1. The van der Waals surface area contributed by atoms with Gasteiger partial charge in [-0.05, 0) is 36.6 Å². The summed E-state index contributed by atoms with van der Waals surface area (Å²) in [5, 5.41) is 3.04. The maximum atomic E-state index is 11.9. The maximum absolute atomic E-state index is 11.9. The molecular formula is C18H22N2O2. The van der Waals surface area contributed by atoms with Crippen LogP contribution >= 0.6 is 0 Å². The van der Waals surface area contributed by atoms with Gasteiger partial charge in [-0.1, -0.05) is 42.5 Å². The fraction of sp³-hybridized carbons (Fsp3) is 0.278. The van der Waals surface area contributed by atoms with Crippen LogP contribution in [0, 0.1) is 0 Å². The van der Waals surface area contributed by atoms with Crippen LogP contribution in [0.15, 0.2) is 54.6 Å². The number of ether oxygens (including phenoxy) is 1. The summed E-state index contributed by atoms with van der Waals surface area (Å²) in [7, 11) is 1.63. The van der Waals surface area contributed by atoms with Crippen molar-refractivity contribution in [2.45, 2.75) is 18.9 Å². The number of nitrogens with two attached hydrogens (primary N) is 1. The van der Waals surface area contributed by atoms with Crippen LogP contribution in [0.3, 0.4) is 0 Å². The summed E-state index contributed by atoms with van der Waals surface area (Å²) in [4.78, 5) is 11.9. The number of benzene rings is 2. The SMILES string of the molecule is COc1cccc(C(C)(Cc2ccccc2)NC(=O)CN)c1. The molecule has 116 valence electrons. The van der Waals surface area contributed by atoms with Crippen molar-refractivity contribution in [3.05, 3.63) is 65.7 Å². The minimum absolute atomic E-state index is 0.0334. The molecule has 0 aliphatic heterocycles. The van der Waals surface area contributed by atoms with Crippen molar-refractivity contribution in [3.63, 3.8) is 0 Å². The molecule has 4 heteroatoms. The fourth-order valence-corrected chi connectivity index (χ4v) is 2.55. The van der Waals surface area contributed by atoms with Gasteiger partial charge in [0.05, 0.1) is 19.2 Å². The van der Waals surface area contributed by atoms with Gasteiger partial charge >= 0.3 is 0 Å². The Kier molecular flexibility index (Phi) is 5.17. The largest absolute Gasteiger partial charge is 0.497 e. The number of hydrogen-bond acceptors (Lipinski definition) is 3. The third kappa shape index (κ3) is 3.86. The van der Waals surface area contributed by atoms with Gasteiger partial charge in [-0.25, -0.2) is 0 Å². The summed E-state index contributed by atoms with van der Waals surface area (Å²) < 4.78 is 5.29. The number of nitrogens with one attached hydrogen (secondary N) is 1. The van der Waals surface area contributed by atoms with E-state index >= 15 is 0 Å². The van der Waals surface area contributed by atoms with E-state index in [1.165, 1.54) is 0 Å². The molecule has 22 heavy (non-hydrogen) atoms. The lowest BCUT2D eigenvalue weighted by molar-refractivity contribution is -0.121. The topological polar surface area (TPSA) is 64.3 Å². The Hall–Kier alpha value is -2.33. The molecule has 0 spiro atoms. The first-order valence-electron chi connectivity index (χ1n) is 7.27. The zero-order chi connectivity index (χ0) is 16.0. The van der Waals surface area contributed by atoms with Crippen LogP contribution in [0.25, 0.3) is 0 Å². The lowest BCUT2D eigenvalue weighted by atomic mass is 9.85. The second kappa shape index (κ2) is 7.09. The van der Waals surface area contributed by atoms with Gasteiger partial charge in [-0.2, -0.15) is 0 Å². The van der Waals surface area contributed by atoms with E-state index in [0.29, 0.717) is 6.42 Å². The maximum Gasteiger partial charge on any atom is 0.234 e. The van der Waals surface area contributed by atoms with Gasteiger partial charge in [0.2, 0.25) is 5.91 Å². The Bertz CT molecular complexity index is 628. The average Bonchev–Trinajstić information content (AvgIpc) is 2.55. The summed E-state index contributed by atoms with van der Waals surface area (Å²) in [6.45, 7) is 1.97. The van der Waals surface area contributed by atoms with Gasteiger partial charge in [0.15, 0.2) is 0 Å². The molecule has 0 radical (unpaired) electrons. The molecule has 2 aromatic rings. The highest BCUT2D eigenvalue weighted by Crippen LogP contribution is 2.28. The number of amides is 1. The molecule has 3 N–H and O–H groups in total. The molecule has 0 fully saturated rings. The first-order chi connectivity index (χ1) is 10.6. The molecule has 1 amide bonds. The Balaban J connectivity index is 2.37. The molecule has 0 heterocycles. The third-order valence-corrected chi connectivity index (χ3v) is 3.71. The Morgan fingerprint density at radius 3 is 2.55 bits per heavy atom. The van der Waals surface area contributed by atoms with Crippen LogP contribution in [0.5, 0.6) is 5.75 Å². The molecule has 1 unspecified atom stereocenters. The summed E-state index contributed by atoms with van der Waals surface area (Å²) in [6.07, 6.45) is 0.673. The molecule has 1 atom stereocenters.